The summed E-state index contributed by atoms with van der Waals surface area (Å²) in [6, 6.07) is 8.82. The van der Waals surface area contributed by atoms with E-state index >= 15 is 0 Å². The lowest BCUT2D eigenvalue weighted by Gasteiger charge is -2.21. The van der Waals surface area contributed by atoms with Gasteiger partial charge < -0.3 is 15.8 Å². The van der Waals surface area contributed by atoms with Gasteiger partial charge in [-0.2, -0.15) is 0 Å². The van der Waals surface area contributed by atoms with E-state index in [-0.39, 0.29) is 17.5 Å². The largest absolute Gasteiger partial charge is 0.482 e. The number of nitrogens with two attached hydrogens (primary N) is 1. The van der Waals surface area contributed by atoms with Crippen LogP contribution in [0.1, 0.15) is 17.2 Å². The molecule has 0 spiro atoms. The average Bonchev–Trinajstić information content (AvgIpc) is 2.46. The molecule has 3 N–H and O–H groups in total. The molecule has 1 atom stereocenters. The Hall–Kier alpha value is -2.11. The summed E-state index contributed by atoms with van der Waals surface area (Å²) in [5.74, 6) is -0.0363. The normalized spacial score (nSPS) is 14.9. The Kier molecular flexibility index (Phi) is 3.53. The Morgan fingerprint density at radius 3 is 2.86 bits per heavy atom. The number of carbonyl (C=O) groups is 1. The Morgan fingerprint density at radius 2 is 2.10 bits per heavy atom. The number of hydrogen-bond acceptors (Lipinski definition) is 3. The van der Waals surface area contributed by atoms with Crippen molar-refractivity contribution >= 4 is 23.2 Å². The molecule has 0 aromatic heterocycles. The van der Waals surface area contributed by atoms with Crippen LogP contribution in [0.3, 0.4) is 0 Å². The number of nitrogens with one attached hydrogen (secondary N) is 1. The molecule has 0 radical (unpaired) electrons. The molecular formula is C15H12ClFN2O2. The third-order valence-electron chi connectivity index (χ3n) is 3.29. The van der Waals surface area contributed by atoms with Crippen molar-refractivity contribution in [1.29, 1.82) is 0 Å². The monoisotopic (exact) mass is 306 g/mol. The fraction of sp³-hybridized carbons (Fsp3) is 0.133. The molecule has 0 bridgehead atoms. The van der Waals surface area contributed by atoms with E-state index in [1.165, 1.54) is 12.1 Å². The SMILES string of the molecule is NC(c1ccc2c(c1)NC(=O)CO2)c1ccc(F)cc1Cl. The quantitative estimate of drug-likeness (QED) is 0.896. The second kappa shape index (κ2) is 5.35. The van der Waals surface area contributed by atoms with Crippen molar-refractivity contribution in [3.05, 3.63) is 58.4 Å². The first-order chi connectivity index (χ1) is 10.0. The van der Waals surface area contributed by atoms with Gasteiger partial charge in [0.2, 0.25) is 0 Å². The first-order valence-corrected chi connectivity index (χ1v) is 6.69. The number of hydrogen-bond donors (Lipinski definition) is 2. The summed E-state index contributed by atoms with van der Waals surface area (Å²) in [6.45, 7) is 0.00217. The van der Waals surface area contributed by atoms with E-state index in [4.69, 9.17) is 22.1 Å². The number of ether oxygens (including phenoxy) is 1. The standard InChI is InChI=1S/C15H12ClFN2O2/c16-11-6-9(17)2-3-10(11)15(18)8-1-4-13-12(5-8)19-14(20)7-21-13/h1-6,15H,7,18H2,(H,19,20). The molecule has 6 heteroatoms. The van der Waals surface area contributed by atoms with Crippen molar-refractivity contribution < 1.29 is 13.9 Å². The maximum absolute atomic E-state index is 13.1. The lowest BCUT2D eigenvalue weighted by atomic mass is 9.98. The average molecular weight is 307 g/mol. The van der Waals surface area contributed by atoms with Gasteiger partial charge in [-0.05, 0) is 35.4 Å². The summed E-state index contributed by atoms with van der Waals surface area (Å²) in [7, 11) is 0. The van der Waals surface area contributed by atoms with Gasteiger partial charge in [0.1, 0.15) is 11.6 Å². The second-order valence-electron chi connectivity index (χ2n) is 4.74. The highest BCUT2D eigenvalue weighted by Gasteiger charge is 2.19. The van der Waals surface area contributed by atoms with E-state index in [9.17, 15) is 9.18 Å². The number of amides is 1. The Morgan fingerprint density at radius 1 is 1.29 bits per heavy atom. The van der Waals surface area contributed by atoms with Gasteiger partial charge in [-0.15, -0.1) is 0 Å². The number of anilines is 1. The molecule has 1 unspecified atom stereocenters. The topological polar surface area (TPSA) is 64.3 Å². The zero-order valence-electron chi connectivity index (χ0n) is 10.9. The van der Waals surface area contributed by atoms with E-state index < -0.39 is 11.9 Å². The zero-order chi connectivity index (χ0) is 15.0. The smallest absolute Gasteiger partial charge is 0.262 e. The van der Waals surface area contributed by atoms with Crippen molar-refractivity contribution in [2.75, 3.05) is 11.9 Å². The van der Waals surface area contributed by atoms with Crippen molar-refractivity contribution in [2.45, 2.75) is 6.04 Å². The van der Waals surface area contributed by atoms with Gasteiger partial charge in [0.25, 0.3) is 5.91 Å². The number of rotatable bonds is 2. The van der Waals surface area contributed by atoms with Crippen LogP contribution < -0.4 is 15.8 Å². The lowest BCUT2D eigenvalue weighted by Crippen LogP contribution is -2.25. The summed E-state index contributed by atoms with van der Waals surface area (Å²) in [5.41, 5.74) is 8.10. The van der Waals surface area contributed by atoms with Crippen LogP contribution in [-0.4, -0.2) is 12.5 Å². The van der Waals surface area contributed by atoms with Crippen LogP contribution in [0.2, 0.25) is 5.02 Å². The Labute approximate surface area is 125 Å². The summed E-state index contributed by atoms with van der Waals surface area (Å²) >= 11 is 6.03. The fourth-order valence-corrected chi connectivity index (χ4v) is 2.51. The maximum atomic E-state index is 13.1. The van der Waals surface area contributed by atoms with Crippen LogP contribution in [0.25, 0.3) is 0 Å². The van der Waals surface area contributed by atoms with Gasteiger partial charge in [-0.1, -0.05) is 23.7 Å². The molecule has 21 heavy (non-hydrogen) atoms. The van der Waals surface area contributed by atoms with Crippen LogP contribution in [-0.2, 0) is 4.79 Å². The van der Waals surface area contributed by atoms with Crippen LogP contribution in [0.4, 0.5) is 10.1 Å². The minimum Gasteiger partial charge on any atom is -0.482 e. The van der Waals surface area contributed by atoms with Crippen LogP contribution >= 0.6 is 11.6 Å². The lowest BCUT2D eigenvalue weighted by molar-refractivity contribution is -0.118. The maximum Gasteiger partial charge on any atom is 0.262 e. The molecule has 4 nitrogen and oxygen atoms in total. The zero-order valence-corrected chi connectivity index (χ0v) is 11.7. The van der Waals surface area contributed by atoms with E-state index in [1.807, 2.05) is 0 Å². The van der Waals surface area contributed by atoms with Gasteiger partial charge in [0.05, 0.1) is 11.7 Å². The third-order valence-corrected chi connectivity index (χ3v) is 3.62. The summed E-state index contributed by atoms with van der Waals surface area (Å²) < 4.78 is 18.4. The van der Waals surface area contributed by atoms with Crippen LogP contribution in [0.5, 0.6) is 5.75 Å². The molecule has 0 saturated carbocycles. The molecule has 1 aliphatic rings. The number of fused-ring (bicyclic) bond motifs is 1. The molecule has 1 heterocycles. The Bertz CT molecular complexity index is 721. The van der Waals surface area contributed by atoms with Gasteiger partial charge in [-0.25, -0.2) is 4.39 Å². The molecule has 2 aromatic carbocycles. The first kappa shape index (κ1) is 13.9. The van der Waals surface area contributed by atoms with Crippen LogP contribution in [0, 0.1) is 5.82 Å². The molecule has 1 aliphatic heterocycles. The van der Waals surface area contributed by atoms with Crippen molar-refractivity contribution in [3.8, 4) is 5.75 Å². The molecule has 108 valence electrons. The summed E-state index contributed by atoms with van der Waals surface area (Å²) in [5, 5.41) is 2.98. The first-order valence-electron chi connectivity index (χ1n) is 6.32. The van der Waals surface area contributed by atoms with Crippen molar-refractivity contribution in [1.82, 2.24) is 0 Å². The predicted octanol–water partition coefficient (Wildman–Crippen LogP) is 2.86. The van der Waals surface area contributed by atoms with E-state index in [2.05, 4.69) is 5.32 Å². The molecule has 0 aliphatic carbocycles. The second-order valence-corrected chi connectivity index (χ2v) is 5.14. The number of halogens is 2. The van der Waals surface area contributed by atoms with E-state index in [0.717, 1.165) is 5.56 Å². The molecule has 3 rings (SSSR count). The summed E-state index contributed by atoms with van der Waals surface area (Å²) in [6.07, 6.45) is 0. The third kappa shape index (κ3) is 2.70. The van der Waals surface area contributed by atoms with Crippen molar-refractivity contribution in [2.24, 2.45) is 5.73 Å². The van der Waals surface area contributed by atoms with E-state index in [0.29, 0.717) is 17.0 Å². The Balaban J connectivity index is 1.96. The predicted molar refractivity (Wildman–Crippen MR) is 78.0 cm³/mol. The molecular weight excluding hydrogens is 295 g/mol. The molecule has 1 amide bonds. The van der Waals surface area contributed by atoms with Gasteiger partial charge in [0, 0.05) is 5.02 Å². The van der Waals surface area contributed by atoms with Crippen LogP contribution in [0.15, 0.2) is 36.4 Å². The number of benzene rings is 2. The van der Waals surface area contributed by atoms with E-state index in [1.54, 1.807) is 24.3 Å². The summed E-state index contributed by atoms with van der Waals surface area (Å²) in [4.78, 5) is 11.3. The molecule has 0 saturated heterocycles. The number of carbonyl (C=O) groups excluding carboxylic acids is 1. The van der Waals surface area contributed by atoms with Gasteiger partial charge in [0.15, 0.2) is 6.61 Å². The van der Waals surface area contributed by atoms with Crippen molar-refractivity contribution in [3.63, 3.8) is 0 Å². The minimum absolute atomic E-state index is 0.00217. The van der Waals surface area contributed by atoms with Gasteiger partial charge in [-0.3, -0.25) is 4.79 Å². The molecule has 0 fully saturated rings. The van der Waals surface area contributed by atoms with Gasteiger partial charge >= 0.3 is 0 Å². The highest BCUT2D eigenvalue weighted by molar-refractivity contribution is 6.31. The molecule has 2 aromatic rings. The fourth-order valence-electron chi connectivity index (χ4n) is 2.23. The minimum atomic E-state index is -0.526. The highest BCUT2D eigenvalue weighted by Crippen LogP contribution is 2.33. The highest BCUT2D eigenvalue weighted by atomic mass is 35.5.